The largest absolute Gasteiger partial charge is 0.396 e. The van der Waals surface area contributed by atoms with Gasteiger partial charge in [0.15, 0.2) is 11.5 Å². The minimum Gasteiger partial charge on any atom is -0.396 e. The molecule has 7 heteroatoms. The van der Waals surface area contributed by atoms with Crippen molar-refractivity contribution in [3.8, 4) is 0 Å². The standard InChI is InChI=1S/C10H12FN5O/c11-7-5(2-17)1-6(7)16-4-15-8-9(12)13-3-14-10(8)16/h3-7,17H,1-2H2,(H2,12,13,14)/t5-,6-,7-/m1/s1. The lowest BCUT2D eigenvalue weighted by atomic mass is 9.78. The fourth-order valence-electron chi connectivity index (χ4n) is 2.24. The third-order valence-electron chi connectivity index (χ3n) is 3.34. The first kappa shape index (κ1) is 10.4. The van der Waals surface area contributed by atoms with Crippen molar-refractivity contribution >= 4 is 17.0 Å². The smallest absolute Gasteiger partial charge is 0.165 e. The van der Waals surface area contributed by atoms with Gasteiger partial charge in [-0.15, -0.1) is 0 Å². The van der Waals surface area contributed by atoms with E-state index < -0.39 is 6.17 Å². The Kier molecular flexibility index (Phi) is 2.22. The van der Waals surface area contributed by atoms with Gasteiger partial charge in [0, 0.05) is 12.5 Å². The Bertz CT molecular complexity index is 557. The number of aliphatic hydroxyl groups is 1. The molecule has 3 rings (SSSR count). The molecule has 2 heterocycles. The van der Waals surface area contributed by atoms with Crippen molar-refractivity contribution < 1.29 is 9.50 Å². The number of aromatic nitrogens is 4. The van der Waals surface area contributed by atoms with Gasteiger partial charge in [-0.05, 0) is 6.42 Å². The molecule has 1 aliphatic carbocycles. The van der Waals surface area contributed by atoms with Crippen LogP contribution in [0.2, 0.25) is 0 Å². The van der Waals surface area contributed by atoms with Gasteiger partial charge >= 0.3 is 0 Å². The minimum absolute atomic E-state index is 0.124. The number of fused-ring (bicyclic) bond motifs is 1. The Morgan fingerprint density at radius 1 is 1.47 bits per heavy atom. The summed E-state index contributed by atoms with van der Waals surface area (Å²) in [6.07, 6.45) is 2.40. The normalized spacial score (nSPS) is 28.2. The van der Waals surface area contributed by atoms with Gasteiger partial charge in [-0.3, -0.25) is 0 Å². The van der Waals surface area contributed by atoms with Crippen LogP contribution in [0.5, 0.6) is 0 Å². The zero-order chi connectivity index (χ0) is 12.0. The third-order valence-corrected chi connectivity index (χ3v) is 3.34. The molecule has 0 amide bonds. The molecule has 2 aromatic heterocycles. The van der Waals surface area contributed by atoms with E-state index in [-0.39, 0.29) is 18.6 Å². The Morgan fingerprint density at radius 2 is 2.29 bits per heavy atom. The second-order valence-corrected chi connectivity index (χ2v) is 4.27. The highest BCUT2D eigenvalue weighted by atomic mass is 19.1. The van der Waals surface area contributed by atoms with Gasteiger partial charge in [0.1, 0.15) is 18.0 Å². The SMILES string of the molecule is Nc1ncnc2c1ncn2[C@@H]1C[C@H](CO)[C@H]1F. The summed E-state index contributed by atoms with van der Waals surface area (Å²) in [6.45, 7) is -0.124. The van der Waals surface area contributed by atoms with Crippen molar-refractivity contribution in [2.75, 3.05) is 12.3 Å². The molecule has 0 bridgehead atoms. The molecule has 0 spiro atoms. The molecule has 0 saturated heterocycles. The van der Waals surface area contributed by atoms with Crippen molar-refractivity contribution in [3.63, 3.8) is 0 Å². The van der Waals surface area contributed by atoms with Crippen LogP contribution in [-0.2, 0) is 0 Å². The monoisotopic (exact) mass is 237 g/mol. The van der Waals surface area contributed by atoms with E-state index in [4.69, 9.17) is 10.8 Å². The van der Waals surface area contributed by atoms with Gasteiger partial charge in [-0.25, -0.2) is 19.3 Å². The number of alkyl halides is 1. The van der Waals surface area contributed by atoms with Gasteiger partial charge in [-0.1, -0.05) is 0 Å². The number of halogens is 1. The summed E-state index contributed by atoms with van der Waals surface area (Å²) in [6, 6.07) is -0.313. The van der Waals surface area contributed by atoms with E-state index in [0.29, 0.717) is 23.4 Å². The van der Waals surface area contributed by atoms with Crippen LogP contribution in [0.4, 0.5) is 10.2 Å². The summed E-state index contributed by atoms with van der Waals surface area (Å²) in [5, 5.41) is 8.92. The first-order valence-corrected chi connectivity index (χ1v) is 5.40. The highest BCUT2D eigenvalue weighted by molar-refractivity contribution is 5.81. The Balaban J connectivity index is 2.00. The first-order valence-electron chi connectivity index (χ1n) is 5.40. The van der Waals surface area contributed by atoms with Gasteiger partial charge in [0.25, 0.3) is 0 Å². The van der Waals surface area contributed by atoms with Crippen molar-refractivity contribution in [1.29, 1.82) is 0 Å². The Morgan fingerprint density at radius 3 is 3.00 bits per heavy atom. The Hall–Kier alpha value is -1.76. The highest BCUT2D eigenvalue weighted by Gasteiger charge is 2.42. The van der Waals surface area contributed by atoms with Crippen molar-refractivity contribution in [2.45, 2.75) is 18.6 Å². The van der Waals surface area contributed by atoms with Crippen LogP contribution in [0.25, 0.3) is 11.2 Å². The second kappa shape index (κ2) is 3.63. The summed E-state index contributed by atoms with van der Waals surface area (Å²) in [5.74, 6) is 0.0128. The van der Waals surface area contributed by atoms with E-state index in [2.05, 4.69) is 15.0 Å². The average molecular weight is 237 g/mol. The van der Waals surface area contributed by atoms with E-state index in [9.17, 15) is 4.39 Å². The molecular weight excluding hydrogens is 225 g/mol. The number of nitrogens with two attached hydrogens (primary N) is 1. The van der Waals surface area contributed by atoms with E-state index in [1.54, 1.807) is 4.57 Å². The molecule has 17 heavy (non-hydrogen) atoms. The van der Waals surface area contributed by atoms with Crippen molar-refractivity contribution in [1.82, 2.24) is 19.5 Å². The second-order valence-electron chi connectivity index (χ2n) is 4.27. The molecule has 0 radical (unpaired) electrons. The third kappa shape index (κ3) is 1.39. The van der Waals surface area contributed by atoms with Crippen LogP contribution in [0.15, 0.2) is 12.7 Å². The number of rotatable bonds is 2. The first-order chi connectivity index (χ1) is 8.22. The van der Waals surface area contributed by atoms with Gasteiger partial charge < -0.3 is 15.4 Å². The molecule has 0 aliphatic heterocycles. The molecule has 0 unspecified atom stereocenters. The van der Waals surface area contributed by atoms with Crippen LogP contribution in [0, 0.1) is 5.92 Å². The lowest BCUT2D eigenvalue weighted by Gasteiger charge is -2.39. The topological polar surface area (TPSA) is 89.9 Å². The molecule has 0 aromatic carbocycles. The highest BCUT2D eigenvalue weighted by Crippen LogP contribution is 2.41. The number of hydrogen-bond donors (Lipinski definition) is 2. The quantitative estimate of drug-likeness (QED) is 0.784. The summed E-state index contributed by atoms with van der Waals surface area (Å²) < 4.78 is 15.4. The van der Waals surface area contributed by atoms with Crippen LogP contribution in [0.1, 0.15) is 12.5 Å². The fourth-order valence-corrected chi connectivity index (χ4v) is 2.24. The molecule has 3 N–H and O–H groups in total. The number of anilines is 1. The molecule has 2 aromatic rings. The van der Waals surface area contributed by atoms with Crippen LogP contribution in [-0.4, -0.2) is 37.4 Å². The molecule has 1 saturated carbocycles. The van der Waals surface area contributed by atoms with Crippen LogP contribution < -0.4 is 5.73 Å². The Labute approximate surface area is 96.3 Å². The van der Waals surface area contributed by atoms with Gasteiger partial charge in [-0.2, -0.15) is 0 Å². The summed E-state index contributed by atoms with van der Waals surface area (Å²) in [4.78, 5) is 12.0. The average Bonchev–Trinajstić information content (AvgIpc) is 2.73. The van der Waals surface area contributed by atoms with E-state index in [1.165, 1.54) is 12.7 Å². The summed E-state index contributed by atoms with van der Waals surface area (Å²) in [5.41, 5.74) is 6.69. The number of nitrogen functional groups attached to an aromatic ring is 1. The zero-order valence-electron chi connectivity index (χ0n) is 8.99. The predicted octanol–water partition coefficient (Wildman–Crippen LogP) is 0.300. The zero-order valence-corrected chi connectivity index (χ0v) is 8.99. The van der Waals surface area contributed by atoms with Crippen molar-refractivity contribution in [3.05, 3.63) is 12.7 Å². The molecule has 6 nitrogen and oxygen atoms in total. The van der Waals surface area contributed by atoms with Crippen LogP contribution in [0.3, 0.4) is 0 Å². The minimum atomic E-state index is -1.06. The maximum Gasteiger partial charge on any atom is 0.165 e. The molecular formula is C10H12FN5O. The molecule has 90 valence electrons. The van der Waals surface area contributed by atoms with Crippen LogP contribution >= 0.6 is 0 Å². The maximum absolute atomic E-state index is 13.8. The van der Waals surface area contributed by atoms with E-state index in [0.717, 1.165) is 0 Å². The molecule has 1 fully saturated rings. The van der Waals surface area contributed by atoms with Gasteiger partial charge in [0.2, 0.25) is 0 Å². The molecule has 3 atom stereocenters. The number of hydrogen-bond acceptors (Lipinski definition) is 5. The summed E-state index contributed by atoms with van der Waals surface area (Å²) in [7, 11) is 0. The molecule has 1 aliphatic rings. The lowest BCUT2D eigenvalue weighted by Crippen LogP contribution is -2.42. The summed E-state index contributed by atoms with van der Waals surface area (Å²) >= 11 is 0. The predicted molar refractivity (Wildman–Crippen MR) is 58.9 cm³/mol. The van der Waals surface area contributed by atoms with Gasteiger partial charge in [0.05, 0.1) is 12.4 Å². The number of aliphatic hydroxyl groups excluding tert-OH is 1. The maximum atomic E-state index is 13.8. The van der Waals surface area contributed by atoms with E-state index >= 15 is 0 Å². The fraction of sp³-hybridized carbons (Fsp3) is 0.500. The number of nitrogens with zero attached hydrogens (tertiary/aromatic N) is 4. The number of imidazole rings is 1. The van der Waals surface area contributed by atoms with E-state index in [1.807, 2.05) is 0 Å². The lowest BCUT2D eigenvalue weighted by molar-refractivity contribution is 0.00326. The van der Waals surface area contributed by atoms with Crippen molar-refractivity contribution in [2.24, 2.45) is 5.92 Å².